The minimum atomic E-state index is 0.0865. The lowest BCUT2D eigenvalue weighted by Crippen LogP contribution is -2.18. The van der Waals surface area contributed by atoms with Gasteiger partial charge in [0.25, 0.3) is 0 Å². The summed E-state index contributed by atoms with van der Waals surface area (Å²) in [6.45, 7) is 2.95. The van der Waals surface area contributed by atoms with Crippen LogP contribution in [0.15, 0.2) is 35.2 Å². The molecule has 0 aliphatic rings. The Morgan fingerprint density at radius 3 is 2.76 bits per heavy atom. The van der Waals surface area contributed by atoms with Crippen LogP contribution in [0.5, 0.6) is 0 Å². The van der Waals surface area contributed by atoms with E-state index in [0.29, 0.717) is 0 Å². The molecule has 90 valence electrons. The SMILES string of the molecule is CCn1cc(C(NC)c2ccc(Br)cn2)cn1. The molecule has 2 aromatic heterocycles. The number of pyridine rings is 1. The molecule has 17 heavy (non-hydrogen) atoms. The van der Waals surface area contributed by atoms with Gasteiger partial charge in [0.05, 0.1) is 17.9 Å². The highest BCUT2D eigenvalue weighted by atomic mass is 79.9. The Labute approximate surface area is 109 Å². The van der Waals surface area contributed by atoms with E-state index < -0.39 is 0 Å². The molecule has 0 aliphatic carbocycles. The third-order valence-electron chi connectivity index (χ3n) is 2.65. The second kappa shape index (κ2) is 5.42. The third kappa shape index (κ3) is 2.73. The lowest BCUT2D eigenvalue weighted by atomic mass is 10.1. The van der Waals surface area contributed by atoms with Gasteiger partial charge in [0, 0.05) is 29.0 Å². The van der Waals surface area contributed by atoms with Crippen LogP contribution in [-0.4, -0.2) is 21.8 Å². The normalized spacial score (nSPS) is 12.6. The molecule has 1 unspecified atom stereocenters. The van der Waals surface area contributed by atoms with E-state index in [2.05, 4.69) is 38.3 Å². The lowest BCUT2D eigenvalue weighted by molar-refractivity contribution is 0.649. The van der Waals surface area contributed by atoms with E-state index in [9.17, 15) is 0 Å². The molecule has 0 spiro atoms. The van der Waals surface area contributed by atoms with Crippen molar-refractivity contribution in [1.29, 1.82) is 0 Å². The van der Waals surface area contributed by atoms with Crippen molar-refractivity contribution in [2.45, 2.75) is 19.5 Å². The Morgan fingerprint density at radius 1 is 1.41 bits per heavy atom. The van der Waals surface area contributed by atoms with Crippen LogP contribution in [0.1, 0.15) is 24.2 Å². The summed E-state index contributed by atoms with van der Waals surface area (Å²) in [6.07, 6.45) is 5.74. The van der Waals surface area contributed by atoms with Gasteiger partial charge in [-0.05, 0) is 42.0 Å². The summed E-state index contributed by atoms with van der Waals surface area (Å²) in [5.41, 5.74) is 2.12. The van der Waals surface area contributed by atoms with Crippen LogP contribution in [0.25, 0.3) is 0 Å². The average Bonchev–Trinajstić information content (AvgIpc) is 2.81. The molecule has 0 aromatic carbocycles. The molecule has 0 radical (unpaired) electrons. The minimum Gasteiger partial charge on any atom is -0.308 e. The van der Waals surface area contributed by atoms with Crippen molar-refractivity contribution in [3.05, 3.63) is 46.5 Å². The van der Waals surface area contributed by atoms with Crippen molar-refractivity contribution in [3.8, 4) is 0 Å². The van der Waals surface area contributed by atoms with E-state index in [4.69, 9.17) is 0 Å². The fourth-order valence-electron chi connectivity index (χ4n) is 1.74. The first-order chi connectivity index (χ1) is 8.24. The molecule has 0 bridgehead atoms. The standard InChI is InChI=1S/C12H15BrN4/c1-3-17-8-9(6-16-17)12(14-2)11-5-4-10(13)7-15-11/h4-8,12,14H,3H2,1-2H3. The Morgan fingerprint density at radius 2 is 2.24 bits per heavy atom. The van der Waals surface area contributed by atoms with Crippen LogP contribution in [0.3, 0.4) is 0 Å². The van der Waals surface area contributed by atoms with E-state index in [-0.39, 0.29) is 6.04 Å². The number of hydrogen-bond acceptors (Lipinski definition) is 3. The highest BCUT2D eigenvalue weighted by molar-refractivity contribution is 9.10. The zero-order valence-electron chi connectivity index (χ0n) is 9.89. The van der Waals surface area contributed by atoms with Crippen LogP contribution < -0.4 is 5.32 Å². The van der Waals surface area contributed by atoms with Crippen molar-refractivity contribution in [3.63, 3.8) is 0 Å². The number of nitrogens with zero attached hydrogens (tertiary/aromatic N) is 3. The summed E-state index contributed by atoms with van der Waals surface area (Å²) < 4.78 is 2.90. The topological polar surface area (TPSA) is 42.7 Å². The van der Waals surface area contributed by atoms with Gasteiger partial charge in [0.15, 0.2) is 0 Å². The lowest BCUT2D eigenvalue weighted by Gasteiger charge is -2.13. The number of nitrogens with one attached hydrogen (secondary N) is 1. The van der Waals surface area contributed by atoms with E-state index in [1.54, 1.807) is 0 Å². The number of rotatable bonds is 4. The maximum atomic E-state index is 4.41. The molecule has 0 saturated carbocycles. The van der Waals surface area contributed by atoms with Crippen LogP contribution in [0, 0.1) is 0 Å². The quantitative estimate of drug-likeness (QED) is 0.941. The fourth-order valence-corrected chi connectivity index (χ4v) is 1.98. The van der Waals surface area contributed by atoms with Gasteiger partial charge in [0.1, 0.15) is 0 Å². The van der Waals surface area contributed by atoms with Gasteiger partial charge in [-0.1, -0.05) is 0 Å². The molecule has 2 aromatic rings. The molecule has 0 saturated heterocycles. The Bertz CT molecular complexity index is 478. The van der Waals surface area contributed by atoms with Gasteiger partial charge in [-0.3, -0.25) is 9.67 Å². The maximum Gasteiger partial charge on any atom is 0.0779 e. The van der Waals surface area contributed by atoms with Gasteiger partial charge < -0.3 is 5.32 Å². The fraction of sp³-hybridized carbons (Fsp3) is 0.333. The molecule has 2 rings (SSSR count). The predicted octanol–water partition coefficient (Wildman–Crippen LogP) is 2.37. The van der Waals surface area contributed by atoms with Crippen molar-refractivity contribution < 1.29 is 0 Å². The van der Waals surface area contributed by atoms with Crippen molar-refractivity contribution in [2.75, 3.05) is 7.05 Å². The highest BCUT2D eigenvalue weighted by Crippen LogP contribution is 2.20. The summed E-state index contributed by atoms with van der Waals surface area (Å²) in [7, 11) is 1.93. The van der Waals surface area contributed by atoms with Gasteiger partial charge in [-0.2, -0.15) is 5.10 Å². The predicted molar refractivity (Wildman–Crippen MR) is 70.7 cm³/mol. The summed E-state index contributed by atoms with van der Waals surface area (Å²) in [6, 6.07) is 4.09. The van der Waals surface area contributed by atoms with E-state index in [0.717, 1.165) is 22.3 Å². The second-order valence-corrected chi connectivity index (χ2v) is 4.67. The number of halogens is 1. The Kier molecular flexibility index (Phi) is 3.91. The summed E-state index contributed by atoms with van der Waals surface area (Å²) in [5, 5.41) is 7.55. The zero-order chi connectivity index (χ0) is 12.3. The summed E-state index contributed by atoms with van der Waals surface area (Å²) >= 11 is 3.39. The highest BCUT2D eigenvalue weighted by Gasteiger charge is 2.14. The van der Waals surface area contributed by atoms with Gasteiger partial charge in [0.2, 0.25) is 0 Å². The van der Waals surface area contributed by atoms with Crippen molar-refractivity contribution in [2.24, 2.45) is 0 Å². The summed E-state index contributed by atoms with van der Waals surface area (Å²) in [4.78, 5) is 4.41. The number of aromatic nitrogens is 3. The van der Waals surface area contributed by atoms with Gasteiger partial charge in [-0.15, -0.1) is 0 Å². The van der Waals surface area contributed by atoms with Crippen LogP contribution in [-0.2, 0) is 6.54 Å². The molecule has 5 heteroatoms. The number of aryl methyl sites for hydroxylation is 1. The first-order valence-corrected chi connectivity index (χ1v) is 6.35. The second-order valence-electron chi connectivity index (χ2n) is 3.75. The molecule has 0 fully saturated rings. The van der Waals surface area contributed by atoms with Gasteiger partial charge in [-0.25, -0.2) is 0 Å². The average molecular weight is 295 g/mol. The smallest absolute Gasteiger partial charge is 0.0779 e. The molecular formula is C12H15BrN4. The Balaban J connectivity index is 2.29. The minimum absolute atomic E-state index is 0.0865. The Hall–Kier alpha value is -1.20. The monoisotopic (exact) mass is 294 g/mol. The van der Waals surface area contributed by atoms with E-state index in [1.165, 1.54) is 0 Å². The molecule has 0 aliphatic heterocycles. The molecule has 2 heterocycles. The molecule has 1 atom stereocenters. The van der Waals surface area contributed by atoms with Crippen molar-refractivity contribution >= 4 is 15.9 Å². The van der Waals surface area contributed by atoms with E-state index in [1.807, 2.05) is 42.5 Å². The molecular weight excluding hydrogens is 280 g/mol. The van der Waals surface area contributed by atoms with Crippen LogP contribution in [0.4, 0.5) is 0 Å². The third-order valence-corrected chi connectivity index (χ3v) is 3.11. The first kappa shape index (κ1) is 12.3. The molecule has 4 nitrogen and oxygen atoms in total. The van der Waals surface area contributed by atoms with Crippen molar-refractivity contribution in [1.82, 2.24) is 20.1 Å². The van der Waals surface area contributed by atoms with Gasteiger partial charge >= 0.3 is 0 Å². The molecule has 1 N–H and O–H groups in total. The van der Waals surface area contributed by atoms with Crippen LogP contribution >= 0.6 is 15.9 Å². The molecule has 0 amide bonds. The van der Waals surface area contributed by atoms with E-state index >= 15 is 0 Å². The first-order valence-electron chi connectivity index (χ1n) is 5.55. The zero-order valence-corrected chi connectivity index (χ0v) is 11.5. The largest absolute Gasteiger partial charge is 0.308 e. The summed E-state index contributed by atoms with van der Waals surface area (Å²) in [5.74, 6) is 0. The van der Waals surface area contributed by atoms with Crippen LogP contribution in [0.2, 0.25) is 0 Å². The number of hydrogen-bond donors (Lipinski definition) is 1. The maximum absolute atomic E-state index is 4.41.